The second-order valence-electron chi connectivity index (χ2n) is 7.48. The van der Waals surface area contributed by atoms with Crippen molar-refractivity contribution in [3.05, 3.63) is 59.4 Å². The minimum Gasteiger partial charge on any atom is -0.462 e. The van der Waals surface area contributed by atoms with Crippen molar-refractivity contribution in [2.75, 3.05) is 37.8 Å². The van der Waals surface area contributed by atoms with Gasteiger partial charge in [-0.05, 0) is 49.2 Å². The summed E-state index contributed by atoms with van der Waals surface area (Å²) in [5.74, 6) is -0.494. The van der Waals surface area contributed by atoms with Crippen LogP contribution < -0.4 is 4.90 Å². The number of fused-ring (bicyclic) bond motifs is 1. The van der Waals surface area contributed by atoms with Crippen molar-refractivity contribution >= 4 is 23.0 Å². The lowest BCUT2D eigenvalue weighted by Gasteiger charge is -2.28. The average Bonchev–Trinajstić information content (AvgIpc) is 3.17. The molecule has 0 spiro atoms. The number of hydrogen-bond donors (Lipinski definition) is 0. The summed E-state index contributed by atoms with van der Waals surface area (Å²) in [4.78, 5) is 27.1. The van der Waals surface area contributed by atoms with Crippen LogP contribution in [0.5, 0.6) is 0 Å². The number of carbonyl (C=O) groups is 2. The van der Waals surface area contributed by atoms with Gasteiger partial charge in [0.15, 0.2) is 5.78 Å². The Balaban J connectivity index is 1.74. The van der Waals surface area contributed by atoms with Gasteiger partial charge < -0.3 is 18.8 Å². The molecular weight excluding hydrogens is 380 g/mol. The van der Waals surface area contributed by atoms with Gasteiger partial charge >= 0.3 is 5.97 Å². The van der Waals surface area contributed by atoms with Crippen LogP contribution >= 0.6 is 0 Å². The van der Waals surface area contributed by atoms with Gasteiger partial charge in [0, 0.05) is 43.0 Å². The van der Waals surface area contributed by atoms with E-state index in [4.69, 9.17) is 9.47 Å². The van der Waals surface area contributed by atoms with Crippen molar-refractivity contribution in [2.45, 2.75) is 20.8 Å². The largest absolute Gasteiger partial charge is 0.462 e. The van der Waals surface area contributed by atoms with Gasteiger partial charge in [0.2, 0.25) is 0 Å². The Kier molecular flexibility index (Phi) is 5.59. The monoisotopic (exact) mass is 406 g/mol. The lowest BCUT2D eigenvalue weighted by atomic mass is 10.0. The summed E-state index contributed by atoms with van der Waals surface area (Å²) < 4.78 is 12.5. The standard InChI is InChI=1S/C24H26N2O4/c1-4-30-24(28)22-14-21-13-19(15-26(21)23(16(22)2)17(3)27)18-5-7-20(8-6-18)25-9-11-29-12-10-25/h5-8,13-15H,4,9-12H2,1-3H3. The number of nitrogens with zero attached hydrogens (tertiary/aromatic N) is 2. The Morgan fingerprint density at radius 2 is 1.77 bits per heavy atom. The van der Waals surface area contributed by atoms with Crippen molar-refractivity contribution < 1.29 is 19.1 Å². The van der Waals surface area contributed by atoms with Crippen LogP contribution in [0.25, 0.3) is 16.6 Å². The van der Waals surface area contributed by atoms with Gasteiger partial charge in [-0.15, -0.1) is 0 Å². The van der Waals surface area contributed by atoms with Crippen LogP contribution in [0.15, 0.2) is 42.6 Å². The van der Waals surface area contributed by atoms with Crippen LogP contribution in [0.1, 0.15) is 40.3 Å². The molecule has 0 amide bonds. The molecule has 1 aromatic carbocycles. The predicted octanol–water partition coefficient (Wildman–Crippen LogP) is 4.13. The highest BCUT2D eigenvalue weighted by Gasteiger charge is 2.20. The van der Waals surface area contributed by atoms with Gasteiger partial charge in [0.25, 0.3) is 0 Å². The van der Waals surface area contributed by atoms with Gasteiger partial charge in [0.1, 0.15) is 0 Å². The summed E-state index contributed by atoms with van der Waals surface area (Å²) in [6, 6.07) is 12.2. The zero-order valence-corrected chi connectivity index (χ0v) is 17.6. The molecule has 0 saturated carbocycles. The lowest BCUT2D eigenvalue weighted by Crippen LogP contribution is -2.36. The Morgan fingerprint density at radius 3 is 2.40 bits per heavy atom. The lowest BCUT2D eigenvalue weighted by molar-refractivity contribution is 0.0525. The Bertz CT molecular complexity index is 1090. The molecule has 0 unspecified atom stereocenters. The van der Waals surface area contributed by atoms with Gasteiger partial charge in [-0.25, -0.2) is 4.79 Å². The highest BCUT2D eigenvalue weighted by atomic mass is 16.5. The van der Waals surface area contributed by atoms with Crippen LogP contribution in [-0.2, 0) is 9.47 Å². The molecule has 3 heterocycles. The van der Waals surface area contributed by atoms with E-state index in [1.165, 1.54) is 12.6 Å². The third kappa shape index (κ3) is 3.71. The van der Waals surface area contributed by atoms with Crippen molar-refractivity contribution in [2.24, 2.45) is 0 Å². The third-order valence-electron chi connectivity index (χ3n) is 5.55. The van der Waals surface area contributed by atoms with Crippen LogP contribution in [-0.4, -0.2) is 49.1 Å². The number of anilines is 1. The molecule has 0 bridgehead atoms. The summed E-state index contributed by atoms with van der Waals surface area (Å²) in [5.41, 5.74) is 5.59. The molecular formula is C24H26N2O4. The molecule has 0 N–H and O–H groups in total. The highest BCUT2D eigenvalue weighted by molar-refractivity contribution is 6.01. The molecule has 1 saturated heterocycles. The van der Waals surface area contributed by atoms with E-state index in [9.17, 15) is 9.59 Å². The fourth-order valence-electron chi connectivity index (χ4n) is 4.05. The first-order valence-electron chi connectivity index (χ1n) is 10.3. The average molecular weight is 406 g/mol. The number of ketones is 1. The molecule has 3 aromatic rings. The van der Waals surface area contributed by atoms with E-state index in [2.05, 4.69) is 29.2 Å². The second kappa shape index (κ2) is 8.32. The fraction of sp³-hybridized carbons (Fsp3) is 0.333. The number of pyridine rings is 1. The number of aromatic nitrogens is 1. The maximum atomic E-state index is 12.4. The zero-order chi connectivity index (χ0) is 21.3. The molecule has 6 nitrogen and oxygen atoms in total. The first kappa shape index (κ1) is 20.2. The summed E-state index contributed by atoms with van der Waals surface area (Å²) in [5, 5.41) is 0. The Morgan fingerprint density at radius 1 is 1.07 bits per heavy atom. The zero-order valence-electron chi connectivity index (χ0n) is 17.6. The van der Waals surface area contributed by atoms with E-state index in [1.807, 2.05) is 16.7 Å². The fourth-order valence-corrected chi connectivity index (χ4v) is 4.05. The molecule has 156 valence electrons. The first-order chi connectivity index (χ1) is 14.5. The normalized spacial score (nSPS) is 14.2. The second-order valence-corrected chi connectivity index (χ2v) is 7.48. The topological polar surface area (TPSA) is 60.2 Å². The Labute approximate surface area is 176 Å². The van der Waals surface area contributed by atoms with Crippen molar-refractivity contribution in [3.63, 3.8) is 0 Å². The Hall–Kier alpha value is -3.12. The SMILES string of the molecule is CCOC(=O)c1cc2cc(-c3ccc(N4CCOCC4)cc3)cn2c(C(C)=O)c1C. The maximum Gasteiger partial charge on any atom is 0.338 e. The maximum absolute atomic E-state index is 12.4. The molecule has 0 atom stereocenters. The molecule has 6 heteroatoms. The number of benzene rings is 1. The summed E-state index contributed by atoms with van der Waals surface area (Å²) in [7, 11) is 0. The van der Waals surface area contributed by atoms with Crippen LogP contribution in [0.2, 0.25) is 0 Å². The van der Waals surface area contributed by atoms with Gasteiger partial charge in [0.05, 0.1) is 31.1 Å². The van der Waals surface area contributed by atoms with E-state index >= 15 is 0 Å². The van der Waals surface area contributed by atoms with E-state index in [-0.39, 0.29) is 5.78 Å². The summed E-state index contributed by atoms with van der Waals surface area (Å²) in [6.07, 6.45) is 1.96. The predicted molar refractivity (Wildman–Crippen MR) is 117 cm³/mol. The molecule has 30 heavy (non-hydrogen) atoms. The van der Waals surface area contributed by atoms with Crippen LogP contribution in [0.3, 0.4) is 0 Å². The first-order valence-corrected chi connectivity index (χ1v) is 10.3. The van der Waals surface area contributed by atoms with Crippen LogP contribution in [0, 0.1) is 6.92 Å². The molecule has 0 radical (unpaired) electrons. The van der Waals surface area contributed by atoms with Crippen molar-refractivity contribution in [3.8, 4) is 11.1 Å². The minimum atomic E-state index is -0.405. The summed E-state index contributed by atoms with van der Waals surface area (Å²) >= 11 is 0. The number of ether oxygens (including phenoxy) is 2. The number of rotatable bonds is 5. The van der Waals surface area contributed by atoms with E-state index in [0.29, 0.717) is 23.4 Å². The minimum absolute atomic E-state index is 0.0894. The number of carbonyl (C=O) groups excluding carboxylic acids is 2. The quantitative estimate of drug-likeness (QED) is 0.471. The van der Waals surface area contributed by atoms with Gasteiger partial charge in [-0.1, -0.05) is 12.1 Å². The van der Waals surface area contributed by atoms with Gasteiger partial charge in [-0.3, -0.25) is 4.79 Å². The smallest absolute Gasteiger partial charge is 0.338 e. The number of Topliss-reactive ketones (excluding diaryl/α,β-unsaturated/α-hetero) is 1. The van der Waals surface area contributed by atoms with Crippen LogP contribution in [0.4, 0.5) is 5.69 Å². The third-order valence-corrected chi connectivity index (χ3v) is 5.55. The molecule has 2 aromatic heterocycles. The molecule has 0 aliphatic carbocycles. The van der Waals surface area contributed by atoms with Crippen molar-refractivity contribution in [1.82, 2.24) is 4.40 Å². The number of hydrogen-bond acceptors (Lipinski definition) is 5. The van der Waals surface area contributed by atoms with Gasteiger partial charge in [-0.2, -0.15) is 0 Å². The van der Waals surface area contributed by atoms with E-state index in [0.717, 1.165) is 42.9 Å². The van der Waals surface area contributed by atoms with E-state index in [1.54, 1.807) is 19.9 Å². The molecule has 4 rings (SSSR count). The van der Waals surface area contributed by atoms with Crippen molar-refractivity contribution in [1.29, 1.82) is 0 Å². The molecule has 1 fully saturated rings. The summed E-state index contributed by atoms with van der Waals surface area (Å²) in [6.45, 7) is 8.67. The molecule has 1 aliphatic heterocycles. The molecule has 1 aliphatic rings. The van der Waals surface area contributed by atoms with E-state index < -0.39 is 5.97 Å². The highest BCUT2D eigenvalue weighted by Crippen LogP contribution is 2.29. The number of morpholine rings is 1. The number of esters is 1.